The van der Waals surface area contributed by atoms with E-state index in [2.05, 4.69) is 20.7 Å². The molecular weight excluding hydrogens is 529 g/mol. The number of hydrogen-bond donors (Lipinski definition) is 0. The van der Waals surface area contributed by atoms with E-state index >= 15 is 0 Å². The number of carbonyl (C=O) groups excluding carboxylic acids is 1. The molecule has 0 aliphatic rings. The standard InChI is InChI=1S/C21H20BrF2O6PS/c1-2-28-31(26,30-19(22)14-27-13-15-6-4-3-5-7-15)21(23,24)29-20(25)17-8-9-18-16(12-17)10-11-32-18/h3-12,19H,2,13-14H2,1H3. The molecule has 0 bridgehead atoms. The lowest BCUT2D eigenvalue weighted by molar-refractivity contribution is -0.152. The quantitative estimate of drug-likeness (QED) is 0.149. The average Bonchev–Trinajstić information content (AvgIpc) is 3.22. The summed E-state index contributed by atoms with van der Waals surface area (Å²) in [5.74, 6) is -5.87. The average molecular weight is 549 g/mol. The van der Waals surface area contributed by atoms with Gasteiger partial charge in [0.15, 0.2) is 0 Å². The van der Waals surface area contributed by atoms with E-state index in [9.17, 15) is 18.1 Å². The van der Waals surface area contributed by atoms with Gasteiger partial charge in [-0.25, -0.2) is 9.36 Å². The number of fused-ring (bicyclic) bond motifs is 1. The lowest BCUT2D eigenvalue weighted by Crippen LogP contribution is -2.29. The molecule has 2 unspecified atom stereocenters. The van der Waals surface area contributed by atoms with Gasteiger partial charge < -0.3 is 14.0 Å². The Kier molecular flexibility index (Phi) is 8.55. The Morgan fingerprint density at radius 2 is 1.94 bits per heavy atom. The molecule has 172 valence electrons. The van der Waals surface area contributed by atoms with Gasteiger partial charge in [0.2, 0.25) is 0 Å². The van der Waals surface area contributed by atoms with Gasteiger partial charge in [0, 0.05) is 4.70 Å². The van der Waals surface area contributed by atoms with E-state index in [1.165, 1.54) is 30.4 Å². The van der Waals surface area contributed by atoms with Gasteiger partial charge in [-0.2, -0.15) is 8.78 Å². The van der Waals surface area contributed by atoms with E-state index in [1.807, 2.05) is 35.7 Å². The Labute approximate surface area is 196 Å². The monoisotopic (exact) mass is 548 g/mol. The molecule has 2 atom stereocenters. The summed E-state index contributed by atoms with van der Waals surface area (Å²) in [5, 5.41) is 1.31. The molecule has 1 heterocycles. The maximum Gasteiger partial charge on any atom is 0.506 e. The Hall–Kier alpha value is -1.68. The minimum absolute atomic E-state index is 0.111. The van der Waals surface area contributed by atoms with Gasteiger partial charge in [-0.15, -0.1) is 11.3 Å². The third kappa shape index (κ3) is 6.21. The highest BCUT2D eigenvalue weighted by Crippen LogP contribution is 2.63. The van der Waals surface area contributed by atoms with E-state index in [4.69, 9.17) is 13.8 Å². The number of halogens is 3. The van der Waals surface area contributed by atoms with Crippen molar-refractivity contribution < 1.29 is 36.7 Å². The van der Waals surface area contributed by atoms with Crippen molar-refractivity contribution >= 4 is 50.9 Å². The molecule has 0 radical (unpaired) electrons. The van der Waals surface area contributed by atoms with Crippen LogP contribution in [0, 0.1) is 0 Å². The van der Waals surface area contributed by atoms with Crippen molar-refractivity contribution in [2.24, 2.45) is 0 Å². The molecule has 2 aromatic carbocycles. The molecular formula is C21H20BrF2O6PS. The molecule has 0 fully saturated rings. The molecule has 3 aromatic rings. The van der Waals surface area contributed by atoms with Crippen LogP contribution in [0.4, 0.5) is 8.78 Å². The predicted molar refractivity (Wildman–Crippen MR) is 121 cm³/mol. The molecule has 0 amide bonds. The van der Waals surface area contributed by atoms with E-state index in [0.29, 0.717) is 5.39 Å². The van der Waals surface area contributed by atoms with Crippen LogP contribution in [0.5, 0.6) is 0 Å². The second kappa shape index (κ2) is 11.0. The minimum Gasteiger partial charge on any atom is -0.388 e. The summed E-state index contributed by atoms with van der Waals surface area (Å²) in [5.41, 5.74) is 0.752. The number of thiophene rings is 1. The van der Waals surface area contributed by atoms with Gasteiger partial charge >= 0.3 is 19.4 Å². The maximum atomic E-state index is 14.8. The number of rotatable bonds is 11. The molecule has 0 spiro atoms. The number of esters is 1. The maximum absolute atomic E-state index is 14.8. The van der Waals surface area contributed by atoms with Crippen LogP contribution in [0.15, 0.2) is 60.0 Å². The third-order valence-electron chi connectivity index (χ3n) is 4.14. The SMILES string of the molecule is CCOP(=O)(OC(Br)COCc1ccccc1)C(F)(F)OC(=O)c1ccc2sccc2c1. The van der Waals surface area contributed by atoms with Gasteiger partial charge in [0.25, 0.3) is 0 Å². The van der Waals surface area contributed by atoms with Gasteiger partial charge in [0.05, 0.1) is 25.4 Å². The van der Waals surface area contributed by atoms with Gasteiger partial charge in [-0.1, -0.05) is 46.3 Å². The first-order chi connectivity index (χ1) is 15.2. The summed E-state index contributed by atoms with van der Waals surface area (Å²) in [6.45, 7) is 1.01. The fraction of sp³-hybridized carbons (Fsp3) is 0.286. The molecule has 6 nitrogen and oxygen atoms in total. The lowest BCUT2D eigenvalue weighted by atomic mass is 10.2. The molecule has 0 N–H and O–H groups in total. The van der Waals surface area contributed by atoms with E-state index < -0.39 is 24.4 Å². The van der Waals surface area contributed by atoms with Gasteiger partial charge in [0.1, 0.15) is 5.01 Å². The molecule has 1 aromatic heterocycles. The van der Waals surface area contributed by atoms with Crippen LogP contribution in [0.2, 0.25) is 0 Å². The second-order valence-electron chi connectivity index (χ2n) is 6.48. The van der Waals surface area contributed by atoms with Crippen molar-refractivity contribution in [3.63, 3.8) is 0 Å². The van der Waals surface area contributed by atoms with E-state index in [0.717, 1.165) is 10.3 Å². The molecule has 32 heavy (non-hydrogen) atoms. The summed E-state index contributed by atoms with van der Waals surface area (Å²) < 4.78 is 62.7. The topological polar surface area (TPSA) is 71.1 Å². The zero-order valence-electron chi connectivity index (χ0n) is 16.9. The van der Waals surface area contributed by atoms with Crippen LogP contribution in [-0.2, 0) is 29.7 Å². The van der Waals surface area contributed by atoms with Gasteiger partial charge in [-0.05, 0) is 47.5 Å². The summed E-state index contributed by atoms with van der Waals surface area (Å²) in [7, 11) is -5.20. The van der Waals surface area contributed by atoms with E-state index in [1.54, 1.807) is 12.1 Å². The first kappa shape index (κ1) is 25.0. The largest absolute Gasteiger partial charge is 0.506 e. The third-order valence-corrected chi connectivity index (χ3v) is 7.63. The van der Waals surface area contributed by atoms with Gasteiger partial charge in [-0.3, -0.25) is 4.52 Å². The molecule has 11 heteroatoms. The highest BCUT2D eigenvalue weighted by Gasteiger charge is 2.59. The summed E-state index contributed by atoms with van der Waals surface area (Å²) >= 11 is 4.45. The van der Waals surface area contributed by atoms with Crippen molar-refractivity contribution in [1.82, 2.24) is 0 Å². The van der Waals surface area contributed by atoms with Crippen molar-refractivity contribution in [2.75, 3.05) is 13.2 Å². The normalized spacial score (nSPS) is 14.8. The fourth-order valence-electron chi connectivity index (χ4n) is 2.68. The van der Waals surface area contributed by atoms with E-state index in [-0.39, 0.29) is 25.4 Å². The number of ether oxygens (including phenoxy) is 2. The fourth-order valence-corrected chi connectivity index (χ4v) is 5.53. The molecule has 0 aliphatic heterocycles. The Morgan fingerprint density at radius 3 is 2.66 bits per heavy atom. The molecule has 0 saturated heterocycles. The highest BCUT2D eigenvalue weighted by atomic mass is 79.9. The smallest absolute Gasteiger partial charge is 0.388 e. The van der Waals surface area contributed by atoms with Crippen LogP contribution in [0.25, 0.3) is 10.1 Å². The molecule has 0 aliphatic carbocycles. The van der Waals surface area contributed by atoms with Crippen molar-refractivity contribution in [3.05, 3.63) is 71.1 Å². The Balaban J connectivity index is 1.65. The number of benzene rings is 2. The predicted octanol–water partition coefficient (Wildman–Crippen LogP) is 6.79. The van der Waals surface area contributed by atoms with Crippen LogP contribution >= 0.6 is 34.9 Å². The van der Waals surface area contributed by atoms with Crippen LogP contribution < -0.4 is 0 Å². The zero-order chi connectivity index (χ0) is 23.2. The lowest BCUT2D eigenvalue weighted by Gasteiger charge is -2.26. The Morgan fingerprint density at radius 1 is 1.19 bits per heavy atom. The minimum atomic E-state index is -5.20. The second-order valence-corrected chi connectivity index (χ2v) is 10.4. The highest BCUT2D eigenvalue weighted by molar-refractivity contribution is 9.09. The molecule has 0 saturated carbocycles. The summed E-state index contributed by atoms with van der Waals surface area (Å²) in [6.07, 6.45) is 0. The molecule has 3 rings (SSSR count). The first-order valence-corrected chi connectivity index (χ1v) is 12.8. The van der Waals surface area contributed by atoms with Crippen molar-refractivity contribution in [2.45, 2.75) is 24.4 Å². The number of carbonyl (C=O) groups is 1. The number of alkyl halides is 3. The Bertz CT molecular complexity index is 1090. The van der Waals surface area contributed by atoms with Crippen molar-refractivity contribution in [3.8, 4) is 0 Å². The van der Waals surface area contributed by atoms with Crippen molar-refractivity contribution in [1.29, 1.82) is 0 Å². The number of hydrogen-bond acceptors (Lipinski definition) is 7. The first-order valence-electron chi connectivity index (χ1n) is 9.51. The zero-order valence-corrected chi connectivity index (χ0v) is 20.2. The van der Waals surface area contributed by atoms with Crippen LogP contribution in [0.1, 0.15) is 22.8 Å². The van der Waals surface area contributed by atoms with Crippen LogP contribution in [-0.4, -0.2) is 30.0 Å². The summed E-state index contributed by atoms with van der Waals surface area (Å²) in [4.78, 5) is 12.3. The summed E-state index contributed by atoms with van der Waals surface area (Å²) in [6, 6.07) is 15.3. The van der Waals surface area contributed by atoms with Crippen LogP contribution in [0.3, 0.4) is 0 Å².